The number of halogens is 1. The average Bonchev–Trinajstić information content (AvgIpc) is 2.38. The van der Waals surface area contributed by atoms with Crippen LogP contribution >= 0.6 is 15.9 Å². The molecule has 0 bridgehead atoms. The van der Waals surface area contributed by atoms with Crippen LogP contribution in [0.2, 0.25) is 0 Å². The highest BCUT2D eigenvalue weighted by molar-refractivity contribution is 9.10. The minimum Gasteiger partial charge on any atom is -0.351 e. The molecule has 2 nitrogen and oxygen atoms in total. The number of hydrogen-bond donors (Lipinski definition) is 0. The summed E-state index contributed by atoms with van der Waals surface area (Å²) in [4.78, 5) is 6.98. The van der Waals surface area contributed by atoms with Gasteiger partial charge in [-0.1, -0.05) is 13.8 Å². The number of anilines is 1. The highest BCUT2D eigenvalue weighted by Crippen LogP contribution is 2.42. The van der Waals surface area contributed by atoms with Crippen LogP contribution in [0, 0.1) is 0 Å². The van der Waals surface area contributed by atoms with Crippen LogP contribution in [0.25, 0.3) is 0 Å². The molecule has 0 atom stereocenters. The van der Waals surface area contributed by atoms with Crippen LogP contribution in [0.1, 0.15) is 40.2 Å². The zero-order chi connectivity index (χ0) is 12.1. The van der Waals surface area contributed by atoms with E-state index >= 15 is 0 Å². The molecule has 2 rings (SSSR count). The molecule has 0 fully saturated rings. The Hall–Kier alpha value is -0.570. The number of aromatic nitrogens is 1. The highest BCUT2D eigenvalue weighted by Gasteiger charge is 2.40. The molecule has 0 radical (unpaired) electrons. The van der Waals surface area contributed by atoms with Gasteiger partial charge in [0.2, 0.25) is 0 Å². The number of pyridine rings is 1. The zero-order valence-corrected chi connectivity index (χ0v) is 12.2. The molecule has 3 heteroatoms. The monoisotopic (exact) mass is 282 g/mol. The minimum absolute atomic E-state index is 0.128. The first kappa shape index (κ1) is 11.9. The standard InChI is InChI=1S/C13H19BrN2/c1-12(2,3)16-8-13(4,5)10-6-9(14)7-15-11(10)16/h6-7H,8H2,1-5H3. The minimum atomic E-state index is 0.128. The summed E-state index contributed by atoms with van der Waals surface area (Å²) in [6, 6.07) is 2.20. The molecule has 0 unspecified atom stereocenters. The van der Waals surface area contributed by atoms with Crippen molar-refractivity contribution in [2.75, 3.05) is 11.4 Å². The molecule has 88 valence electrons. The highest BCUT2D eigenvalue weighted by atomic mass is 79.9. The Labute approximate surface area is 106 Å². The van der Waals surface area contributed by atoms with Gasteiger partial charge in [0.1, 0.15) is 5.82 Å². The van der Waals surface area contributed by atoms with Gasteiger partial charge < -0.3 is 4.90 Å². The lowest BCUT2D eigenvalue weighted by molar-refractivity contribution is 0.457. The van der Waals surface area contributed by atoms with E-state index < -0.39 is 0 Å². The number of hydrogen-bond acceptors (Lipinski definition) is 2. The second kappa shape index (κ2) is 3.46. The van der Waals surface area contributed by atoms with Crippen LogP contribution in [0.4, 0.5) is 5.82 Å². The third-order valence-electron chi connectivity index (χ3n) is 3.18. The van der Waals surface area contributed by atoms with E-state index in [1.807, 2.05) is 6.20 Å². The molecule has 0 spiro atoms. The molecule has 1 aliphatic rings. The molecule has 0 aromatic carbocycles. The maximum Gasteiger partial charge on any atom is 0.132 e. The van der Waals surface area contributed by atoms with Crippen LogP contribution in [-0.2, 0) is 5.41 Å². The van der Waals surface area contributed by atoms with Gasteiger partial charge in [0.15, 0.2) is 0 Å². The molecular formula is C13H19BrN2. The Bertz CT molecular complexity index is 418. The van der Waals surface area contributed by atoms with Gasteiger partial charge in [-0.25, -0.2) is 4.98 Å². The summed E-state index contributed by atoms with van der Waals surface area (Å²) in [6.45, 7) is 12.3. The first-order chi connectivity index (χ1) is 7.22. The maximum absolute atomic E-state index is 4.58. The zero-order valence-electron chi connectivity index (χ0n) is 10.6. The van der Waals surface area contributed by atoms with Gasteiger partial charge in [0.25, 0.3) is 0 Å². The van der Waals surface area contributed by atoms with Crippen molar-refractivity contribution in [3.05, 3.63) is 22.3 Å². The predicted octanol–water partition coefficient (Wildman–Crippen LogP) is 3.74. The van der Waals surface area contributed by atoms with Crippen molar-refractivity contribution in [3.63, 3.8) is 0 Å². The van der Waals surface area contributed by atoms with Crippen LogP contribution < -0.4 is 4.90 Å². The van der Waals surface area contributed by atoms with E-state index in [1.165, 1.54) is 5.56 Å². The van der Waals surface area contributed by atoms with E-state index in [1.54, 1.807) is 0 Å². The van der Waals surface area contributed by atoms with E-state index in [-0.39, 0.29) is 11.0 Å². The number of fused-ring (bicyclic) bond motifs is 1. The molecular weight excluding hydrogens is 264 g/mol. The normalized spacial score (nSPS) is 18.8. The maximum atomic E-state index is 4.58. The molecule has 0 saturated carbocycles. The molecule has 0 N–H and O–H groups in total. The molecule has 0 amide bonds. The molecule has 0 saturated heterocycles. The average molecular weight is 283 g/mol. The molecule has 16 heavy (non-hydrogen) atoms. The van der Waals surface area contributed by atoms with E-state index in [0.29, 0.717) is 0 Å². The fourth-order valence-electron chi connectivity index (χ4n) is 2.26. The van der Waals surface area contributed by atoms with Gasteiger partial charge in [0.05, 0.1) is 0 Å². The Morgan fingerprint density at radius 3 is 2.56 bits per heavy atom. The van der Waals surface area contributed by atoms with Gasteiger partial charge in [-0.3, -0.25) is 0 Å². The first-order valence-corrected chi connectivity index (χ1v) is 6.45. The molecule has 1 aromatic rings. The molecule has 1 aromatic heterocycles. The van der Waals surface area contributed by atoms with Crippen LogP contribution in [0.3, 0.4) is 0 Å². The lowest BCUT2D eigenvalue weighted by atomic mass is 9.88. The smallest absolute Gasteiger partial charge is 0.132 e. The second-order valence-corrected chi connectivity index (χ2v) is 7.08. The Balaban J connectivity index is 2.56. The van der Waals surface area contributed by atoms with Crippen molar-refractivity contribution in [2.24, 2.45) is 0 Å². The number of rotatable bonds is 0. The Morgan fingerprint density at radius 2 is 2.00 bits per heavy atom. The van der Waals surface area contributed by atoms with Gasteiger partial charge in [-0.15, -0.1) is 0 Å². The lowest BCUT2D eigenvalue weighted by Crippen LogP contribution is -2.43. The quantitative estimate of drug-likeness (QED) is 0.721. The van der Waals surface area contributed by atoms with E-state index in [4.69, 9.17) is 0 Å². The van der Waals surface area contributed by atoms with Crippen molar-refractivity contribution in [3.8, 4) is 0 Å². The van der Waals surface area contributed by atoms with Crippen molar-refractivity contribution in [2.45, 2.75) is 45.6 Å². The van der Waals surface area contributed by atoms with Gasteiger partial charge in [-0.05, 0) is 42.8 Å². The summed E-state index contributed by atoms with van der Waals surface area (Å²) in [5.74, 6) is 1.14. The SMILES string of the molecule is CC1(C)CN(C(C)(C)C)c2ncc(Br)cc21. The third-order valence-corrected chi connectivity index (χ3v) is 3.61. The fraction of sp³-hybridized carbons (Fsp3) is 0.615. The van der Waals surface area contributed by atoms with E-state index in [2.05, 4.69) is 66.5 Å². The van der Waals surface area contributed by atoms with Crippen LogP contribution in [0.5, 0.6) is 0 Å². The van der Waals surface area contributed by atoms with Crippen molar-refractivity contribution in [1.82, 2.24) is 4.98 Å². The summed E-state index contributed by atoms with van der Waals surface area (Å²) in [6.07, 6.45) is 1.89. The van der Waals surface area contributed by atoms with Crippen LogP contribution in [-0.4, -0.2) is 17.1 Å². The first-order valence-electron chi connectivity index (χ1n) is 5.65. The predicted molar refractivity (Wildman–Crippen MR) is 72.1 cm³/mol. The van der Waals surface area contributed by atoms with Gasteiger partial charge >= 0.3 is 0 Å². The van der Waals surface area contributed by atoms with Crippen molar-refractivity contribution >= 4 is 21.7 Å². The topological polar surface area (TPSA) is 16.1 Å². The van der Waals surface area contributed by atoms with Crippen molar-refractivity contribution < 1.29 is 0 Å². The molecule has 0 aliphatic carbocycles. The second-order valence-electron chi connectivity index (χ2n) is 6.17. The van der Waals surface area contributed by atoms with E-state index in [9.17, 15) is 0 Å². The summed E-state index contributed by atoms with van der Waals surface area (Å²) in [7, 11) is 0. The Kier molecular flexibility index (Phi) is 2.57. The summed E-state index contributed by atoms with van der Waals surface area (Å²) < 4.78 is 1.06. The summed E-state index contributed by atoms with van der Waals surface area (Å²) in [5, 5.41) is 0. The Morgan fingerprint density at radius 1 is 1.38 bits per heavy atom. The van der Waals surface area contributed by atoms with Gasteiger partial charge in [-0.2, -0.15) is 0 Å². The lowest BCUT2D eigenvalue weighted by Gasteiger charge is -2.34. The molecule has 1 aliphatic heterocycles. The van der Waals surface area contributed by atoms with Gasteiger partial charge in [0, 0.05) is 33.7 Å². The number of nitrogens with zero attached hydrogens (tertiary/aromatic N) is 2. The van der Waals surface area contributed by atoms with Crippen molar-refractivity contribution in [1.29, 1.82) is 0 Å². The third kappa shape index (κ3) is 1.86. The van der Waals surface area contributed by atoms with Crippen LogP contribution in [0.15, 0.2) is 16.7 Å². The largest absolute Gasteiger partial charge is 0.351 e. The fourth-order valence-corrected chi connectivity index (χ4v) is 2.59. The van der Waals surface area contributed by atoms with E-state index in [0.717, 1.165) is 16.8 Å². The molecule has 2 heterocycles. The summed E-state index contributed by atoms with van der Waals surface area (Å²) >= 11 is 3.51. The summed E-state index contributed by atoms with van der Waals surface area (Å²) in [5.41, 5.74) is 1.65.